The van der Waals surface area contributed by atoms with Gasteiger partial charge >= 0.3 is 6.18 Å². The van der Waals surface area contributed by atoms with E-state index in [1.807, 2.05) is 0 Å². The minimum absolute atomic E-state index is 0.0226. The zero-order valence-electron chi connectivity index (χ0n) is 13.5. The Hall–Kier alpha value is -2.35. The Kier molecular flexibility index (Phi) is 4.10. The van der Waals surface area contributed by atoms with Crippen LogP contribution in [0.4, 0.5) is 29.1 Å². The van der Waals surface area contributed by atoms with Crippen molar-refractivity contribution in [3.63, 3.8) is 0 Å². The van der Waals surface area contributed by atoms with E-state index in [0.29, 0.717) is 4.73 Å². The lowest BCUT2D eigenvalue weighted by molar-refractivity contribution is -0.590. The van der Waals surface area contributed by atoms with Gasteiger partial charge in [-0.25, -0.2) is 14.4 Å². The lowest BCUT2D eigenvalue weighted by atomic mass is 9.71. The number of pyridine rings is 1. The summed E-state index contributed by atoms with van der Waals surface area (Å²) in [4.78, 5) is 0. The highest BCUT2D eigenvalue weighted by molar-refractivity contribution is 5.72. The SMILES string of the molecule is CC(C)OCC1(C(F)(F)F)c2cc(F)ccc2Nc2c1ccc[n+]2[O-]. The minimum atomic E-state index is -4.81. The van der Waals surface area contributed by atoms with Crippen LogP contribution in [0.2, 0.25) is 0 Å². The fourth-order valence-electron chi connectivity index (χ4n) is 3.04. The van der Waals surface area contributed by atoms with Crippen molar-refractivity contribution in [2.45, 2.75) is 31.5 Å². The van der Waals surface area contributed by atoms with E-state index in [4.69, 9.17) is 4.74 Å². The third-order valence-corrected chi connectivity index (χ3v) is 4.23. The van der Waals surface area contributed by atoms with Crippen molar-refractivity contribution in [2.24, 2.45) is 0 Å². The largest absolute Gasteiger partial charge is 0.711 e. The molecule has 1 aliphatic heterocycles. The average molecular weight is 356 g/mol. The Morgan fingerprint density at radius 3 is 2.60 bits per heavy atom. The van der Waals surface area contributed by atoms with Gasteiger partial charge in [0.2, 0.25) is 0 Å². The fourth-order valence-corrected chi connectivity index (χ4v) is 3.04. The summed E-state index contributed by atoms with van der Waals surface area (Å²) in [6, 6.07) is 5.51. The van der Waals surface area contributed by atoms with Crippen LogP contribution in [-0.4, -0.2) is 18.9 Å². The number of benzene rings is 1. The summed E-state index contributed by atoms with van der Waals surface area (Å²) in [5.41, 5.74) is -3.23. The van der Waals surface area contributed by atoms with E-state index in [0.717, 1.165) is 18.3 Å². The van der Waals surface area contributed by atoms with Gasteiger partial charge in [-0.15, -0.1) is 0 Å². The normalized spacial score (nSPS) is 19.3. The number of nitrogens with one attached hydrogen (secondary N) is 1. The molecule has 0 amide bonds. The van der Waals surface area contributed by atoms with Gasteiger partial charge in [-0.2, -0.15) is 13.2 Å². The first-order valence-electron chi connectivity index (χ1n) is 7.65. The van der Waals surface area contributed by atoms with Crippen molar-refractivity contribution in [3.05, 3.63) is 58.7 Å². The summed E-state index contributed by atoms with van der Waals surface area (Å²) in [6.07, 6.45) is -4.18. The topological polar surface area (TPSA) is 48.2 Å². The molecule has 2 aromatic rings. The van der Waals surface area contributed by atoms with E-state index in [1.54, 1.807) is 13.8 Å². The van der Waals surface area contributed by atoms with Crippen LogP contribution in [-0.2, 0) is 10.2 Å². The summed E-state index contributed by atoms with van der Waals surface area (Å²) in [6.45, 7) is 2.46. The molecule has 25 heavy (non-hydrogen) atoms. The van der Waals surface area contributed by atoms with Crippen LogP contribution in [0.5, 0.6) is 0 Å². The molecule has 4 nitrogen and oxygen atoms in total. The first-order chi connectivity index (χ1) is 11.7. The summed E-state index contributed by atoms with van der Waals surface area (Å²) >= 11 is 0. The molecule has 1 atom stereocenters. The molecule has 0 spiro atoms. The molecule has 1 unspecified atom stereocenters. The van der Waals surface area contributed by atoms with Gasteiger partial charge in [-0.05, 0) is 44.2 Å². The lowest BCUT2D eigenvalue weighted by Gasteiger charge is -2.40. The summed E-state index contributed by atoms with van der Waals surface area (Å²) in [5, 5.41) is 14.7. The van der Waals surface area contributed by atoms with Crippen molar-refractivity contribution in [3.8, 4) is 0 Å². The van der Waals surface area contributed by atoms with Gasteiger partial charge in [-0.1, -0.05) is 0 Å². The molecule has 1 aromatic carbocycles. The van der Waals surface area contributed by atoms with Crippen LogP contribution in [0.3, 0.4) is 0 Å². The molecule has 134 valence electrons. The first-order valence-corrected chi connectivity index (χ1v) is 7.65. The number of ether oxygens (including phenoxy) is 1. The molecular formula is C17H16F4N2O2. The van der Waals surface area contributed by atoms with E-state index in [9.17, 15) is 22.8 Å². The number of anilines is 2. The summed E-state index contributed by atoms with van der Waals surface area (Å²) in [7, 11) is 0. The van der Waals surface area contributed by atoms with E-state index in [1.165, 1.54) is 18.2 Å². The standard InChI is InChI=1S/C17H16F4N2O2/c1-10(2)25-9-16(17(19,20)21)12-4-3-7-23(24)15(12)22-14-6-5-11(18)8-13(14)16/h3-8,10,22H,9H2,1-2H3. The average Bonchev–Trinajstić information content (AvgIpc) is 2.51. The molecule has 0 bridgehead atoms. The molecule has 1 aromatic heterocycles. The van der Waals surface area contributed by atoms with Gasteiger partial charge in [0.1, 0.15) is 11.5 Å². The van der Waals surface area contributed by atoms with Crippen LogP contribution in [0.1, 0.15) is 25.0 Å². The second-order valence-corrected chi connectivity index (χ2v) is 6.17. The van der Waals surface area contributed by atoms with Crippen molar-refractivity contribution < 1.29 is 27.0 Å². The molecule has 0 fully saturated rings. The Labute approximate surface area is 141 Å². The fraction of sp³-hybridized carbons (Fsp3) is 0.353. The van der Waals surface area contributed by atoms with Crippen LogP contribution in [0.15, 0.2) is 36.5 Å². The van der Waals surface area contributed by atoms with E-state index in [-0.39, 0.29) is 22.6 Å². The maximum absolute atomic E-state index is 14.3. The first kappa shape index (κ1) is 17.5. The van der Waals surface area contributed by atoms with Crippen LogP contribution in [0.25, 0.3) is 0 Å². The number of aromatic nitrogens is 1. The number of hydrogen-bond donors (Lipinski definition) is 1. The number of hydrogen-bond acceptors (Lipinski definition) is 3. The maximum atomic E-state index is 14.3. The monoisotopic (exact) mass is 356 g/mol. The third kappa shape index (κ3) is 2.70. The molecule has 0 saturated carbocycles. The van der Waals surface area contributed by atoms with Crippen molar-refractivity contribution in [1.82, 2.24) is 0 Å². The molecule has 3 rings (SSSR count). The number of nitrogens with zero attached hydrogens (tertiary/aromatic N) is 1. The van der Waals surface area contributed by atoms with E-state index in [2.05, 4.69) is 5.32 Å². The number of halogens is 4. The predicted octanol–water partition coefficient (Wildman–Crippen LogP) is 3.79. The Balaban J connectivity index is 2.35. The summed E-state index contributed by atoms with van der Waals surface area (Å²) in [5.74, 6) is -1.04. The lowest BCUT2D eigenvalue weighted by Crippen LogP contribution is -2.52. The Morgan fingerprint density at radius 2 is 1.96 bits per heavy atom. The molecule has 1 aliphatic rings. The van der Waals surface area contributed by atoms with Crippen LogP contribution >= 0.6 is 0 Å². The number of rotatable bonds is 3. The smallest absolute Gasteiger partial charge is 0.405 e. The zero-order chi connectivity index (χ0) is 18.4. The second-order valence-electron chi connectivity index (χ2n) is 6.17. The number of alkyl halides is 3. The van der Waals surface area contributed by atoms with Crippen LogP contribution in [0, 0.1) is 11.0 Å². The third-order valence-electron chi connectivity index (χ3n) is 4.23. The molecule has 0 aliphatic carbocycles. The van der Waals surface area contributed by atoms with E-state index >= 15 is 0 Å². The molecule has 1 N–H and O–H groups in total. The molecule has 0 saturated heterocycles. The highest BCUT2D eigenvalue weighted by Gasteiger charge is 2.63. The van der Waals surface area contributed by atoms with Gasteiger partial charge in [0, 0.05) is 5.56 Å². The van der Waals surface area contributed by atoms with Crippen molar-refractivity contribution >= 4 is 11.5 Å². The highest BCUT2D eigenvalue weighted by atomic mass is 19.4. The second kappa shape index (κ2) is 5.87. The quantitative estimate of drug-likeness (QED) is 0.517. The van der Waals surface area contributed by atoms with Gasteiger partial charge in [0.25, 0.3) is 5.82 Å². The van der Waals surface area contributed by atoms with Gasteiger partial charge in [0.05, 0.1) is 24.5 Å². The van der Waals surface area contributed by atoms with Crippen LogP contribution < -0.4 is 10.0 Å². The predicted molar refractivity (Wildman–Crippen MR) is 83.0 cm³/mol. The Bertz CT molecular complexity index is 804. The number of fused-ring (bicyclic) bond motifs is 2. The van der Waals surface area contributed by atoms with Gasteiger partial charge in [0.15, 0.2) is 5.41 Å². The van der Waals surface area contributed by atoms with Crippen molar-refractivity contribution in [1.29, 1.82) is 0 Å². The molecule has 2 heterocycles. The van der Waals surface area contributed by atoms with Crippen molar-refractivity contribution in [2.75, 3.05) is 11.9 Å². The van der Waals surface area contributed by atoms with Gasteiger partial charge in [-0.3, -0.25) is 0 Å². The molecular weight excluding hydrogens is 340 g/mol. The zero-order valence-corrected chi connectivity index (χ0v) is 13.5. The Morgan fingerprint density at radius 1 is 1.24 bits per heavy atom. The minimum Gasteiger partial charge on any atom is -0.711 e. The maximum Gasteiger partial charge on any atom is 0.405 e. The molecule has 8 heteroatoms. The van der Waals surface area contributed by atoms with E-state index < -0.39 is 30.1 Å². The highest BCUT2D eigenvalue weighted by Crippen LogP contribution is 2.53. The molecule has 0 radical (unpaired) electrons. The van der Waals surface area contributed by atoms with Gasteiger partial charge < -0.3 is 9.94 Å². The summed E-state index contributed by atoms with van der Waals surface area (Å²) < 4.78 is 62.4.